The molecule has 0 atom stereocenters. The number of amides is 2. The highest BCUT2D eigenvalue weighted by Gasteiger charge is 2.27. The maximum atomic E-state index is 12.0. The van der Waals surface area contributed by atoms with Gasteiger partial charge in [-0.05, 0) is 25.8 Å². The maximum absolute atomic E-state index is 12.0. The molecule has 2 rings (SSSR count). The molecule has 0 saturated heterocycles. The summed E-state index contributed by atoms with van der Waals surface area (Å²) >= 11 is 0. The molecule has 1 heterocycles. The van der Waals surface area contributed by atoms with Gasteiger partial charge in [-0.15, -0.1) is 0 Å². The molecular formula is C13H20N4O2. The molecule has 1 aliphatic carbocycles. The fourth-order valence-electron chi connectivity index (χ4n) is 2.00. The lowest BCUT2D eigenvalue weighted by atomic mass is 10.3. The SMILES string of the molecule is CCNC(=O)CCNC(=O)c1cc(N)cn1C1CC1. The van der Waals surface area contributed by atoms with Crippen LogP contribution in [0.4, 0.5) is 5.69 Å². The number of nitrogens with two attached hydrogens (primary N) is 1. The Morgan fingerprint density at radius 2 is 2.16 bits per heavy atom. The maximum Gasteiger partial charge on any atom is 0.268 e. The summed E-state index contributed by atoms with van der Waals surface area (Å²) in [6, 6.07) is 2.08. The van der Waals surface area contributed by atoms with E-state index in [1.807, 2.05) is 11.5 Å². The van der Waals surface area contributed by atoms with Crippen molar-refractivity contribution in [2.75, 3.05) is 18.8 Å². The molecule has 1 aromatic heterocycles. The largest absolute Gasteiger partial charge is 0.397 e. The van der Waals surface area contributed by atoms with Crippen LogP contribution in [0.5, 0.6) is 0 Å². The molecule has 4 N–H and O–H groups in total. The number of carbonyl (C=O) groups is 2. The van der Waals surface area contributed by atoms with Gasteiger partial charge >= 0.3 is 0 Å². The van der Waals surface area contributed by atoms with E-state index in [-0.39, 0.29) is 11.8 Å². The third-order valence-corrected chi connectivity index (χ3v) is 3.05. The first-order valence-corrected chi connectivity index (χ1v) is 6.64. The van der Waals surface area contributed by atoms with Crippen molar-refractivity contribution in [1.29, 1.82) is 0 Å². The lowest BCUT2D eigenvalue weighted by Gasteiger charge is -2.08. The second-order valence-electron chi connectivity index (χ2n) is 4.76. The first-order valence-electron chi connectivity index (χ1n) is 6.64. The van der Waals surface area contributed by atoms with Gasteiger partial charge in [0, 0.05) is 31.7 Å². The molecule has 0 aromatic carbocycles. The third kappa shape index (κ3) is 3.49. The molecule has 6 nitrogen and oxygen atoms in total. The van der Waals surface area contributed by atoms with Crippen LogP contribution in [0.1, 0.15) is 42.7 Å². The van der Waals surface area contributed by atoms with Crippen molar-refractivity contribution in [3.05, 3.63) is 18.0 Å². The topological polar surface area (TPSA) is 89.2 Å². The number of carbonyl (C=O) groups excluding carboxylic acids is 2. The summed E-state index contributed by atoms with van der Waals surface area (Å²) in [5.41, 5.74) is 6.91. The van der Waals surface area contributed by atoms with Gasteiger partial charge in [-0.1, -0.05) is 0 Å². The first kappa shape index (κ1) is 13.5. The standard InChI is InChI=1S/C13H20N4O2/c1-2-15-12(18)5-6-16-13(19)11-7-9(14)8-17(11)10-3-4-10/h7-8,10H,2-6,14H2,1H3,(H,15,18)(H,16,19). The van der Waals surface area contributed by atoms with Gasteiger partial charge in [-0.2, -0.15) is 0 Å². The Kier molecular flexibility index (Phi) is 4.09. The number of nitrogens with zero attached hydrogens (tertiary/aromatic N) is 1. The quantitative estimate of drug-likeness (QED) is 0.705. The van der Waals surface area contributed by atoms with Crippen LogP contribution >= 0.6 is 0 Å². The Hall–Kier alpha value is -1.98. The van der Waals surface area contributed by atoms with Gasteiger partial charge in [0.25, 0.3) is 5.91 Å². The second-order valence-corrected chi connectivity index (χ2v) is 4.76. The lowest BCUT2D eigenvalue weighted by molar-refractivity contribution is -0.120. The molecule has 0 bridgehead atoms. The van der Waals surface area contributed by atoms with Gasteiger partial charge in [0.1, 0.15) is 5.69 Å². The molecule has 19 heavy (non-hydrogen) atoms. The molecule has 0 spiro atoms. The molecule has 2 amide bonds. The Morgan fingerprint density at radius 1 is 1.42 bits per heavy atom. The Labute approximate surface area is 112 Å². The highest BCUT2D eigenvalue weighted by atomic mass is 16.2. The molecule has 104 valence electrons. The van der Waals surface area contributed by atoms with Gasteiger partial charge < -0.3 is 20.9 Å². The molecule has 0 aliphatic heterocycles. The van der Waals surface area contributed by atoms with Crippen molar-refractivity contribution in [2.24, 2.45) is 0 Å². The zero-order chi connectivity index (χ0) is 13.8. The Morgan fingerprint density at radius 3 is 2.79 bits per heavy atom. The van der Waals surface area contributed by atoms with Crippen molar-refractivity contribution in [3.8, 4) is 0 Å². The fourth-order valence-corrected chi connectivity index (χ4v) is 2.00. The highest BCUT2D eigenvalue weighted by Crippen LogP contribution is 2.37. The highest BCUT2D eigenvalue weighted by molar-refractivity contribution is 5.94. The zero-order valence-electron chi connectivity index (χ0n) is 11.1. The summed E-state index contributed by atoms with van der Waals surface area (Å²) in [5.74, 6) is -0.229. The summed E-state index contributed by atoms with van der Waals surface area (Å²) in [7, 11) is 0. The van der Waals surface area contributed by atoms with Crippen LogP contribution in [0.25, 0.3) is 0 Å². The van der Waals surface area contributed by atoms with Gasteiger partial charge in [-0.3, -0.25) is 9.59 Å². The van der Waals surface area contributed by atoms with Crippen molar-refractivity contribution in [1.82, 2.24) is 15.2 Å². The van der Waals surface area contributed by atoms with Crippen LogP contribution in [0.3, 0.4) is 0 Å². The van der Waals surface area contributed by atoms with E-state index in [1.165, 1.54) is 0 Å². The number of hydrogen-bond donors (Lipinski definition) is 3. The molecule has 1 saturated carbocycles. The second kappa shape index (κ2) is 5.77. The summed E-state index contributed by atoms with van der Waals surface area (Å²) in [4.78, 5) is 23.3. The lowest BCUT2D eigenvalue weighted by Crippen LogP contribution is -2.31. The minimum atomic E-state index is -0.173. The zero-order valence-corrected chi connectivity index (χ0v) is 11.1. The van der Waals surface area contributed by atoms with E-state index >= 15 is 0 Å². The Balaban J connectivity index is 1.87. The first-order chi connectivity index (χ1) is 9.11. The average molecular weight is 264 g/mol. The molecule has 0 radical (unpaired) electrons. The minimum absolute atomic E-state index is 0.0557. The predicted molar refractivity (Wildman–Crippen MR) is 72.7 cm³/mol. The molecule has 0 unspecified atom stereocenters. The molecule has 1 aromatic rings. The van der Waals surface area contributed by atoms with E-state index in [0.29, 0.717) is 36.9 Å². The van der Waals surface area contributed by atoms with Crippen molar-refractivity contribution in [3.63, 3.8) is 0 Å². The summed E-state index contributed by atoms with van der Waals surface area (Å²) in [6.45, 7) is 2.80. The molecule has 6 heteroatoms. The van der Waals surface area contributed by atoms with Gasteiger partial charge in [-0.25, -0.2) is 0 Å². The minimum Gasteiger partial charge on any atom is -0.397 e. The van der Waals surface area contributed by atoms with Crippen LogP contribution in [0.2, 0.25) is 0 Å². The number of hydrogen-bond acceptors (Lipinski definition) is 3. The van der Waals surface area contributed by atoms with E-state index in [2.05, 4.69) is 10.6 Å². The average Bonchev–Trinajstić information content (AvgIpc) is 3.12. The van der Waals surface area contributed by atoms with E-state index in [1.54, 1.807) is 12.3 Å². The van der Waals surface area contributed by atoms with Crippen molar-refractivity contribution in [2.45, 2.75) is 32.2 Å². The van der Waals surface area contributed by atoms with Crippen LogP contribution in [0.15, 0.2) is 12.3 Å². The summed E-state index contributed by atoms with van der Waals surface area (Å²) in [5, 5.41) is 5.44. The van der Waals surface area contributed by atoms with Crippen LogP contribution in [0, 0.1) is 0 Å². The number of nitrogen functional groups attached to an aromatic ring is 1. The van der Waals surface area contributed by atoms with E-state index in [4.69, 9.17) is 5.73 Å². The molecular weight excluding hydrogens is 244 g/mol. The number of aromatic nitrogens is 1. The normalized spacial score (nSPS) is 14.2. The van der Waals surface area contributed by atoms with Gasteiger partial charge in [0.05, 0.1) is 5.69 Å². The number of nitrogens with one attached hydrogen (secondary N) is 2. The van der Waals surface area contributed by atoms with Crippen LogP contribution in [-0.4, -0.2) is 29.5 Å². The summed E-state index contributed by atoms with van der Waals surface area (Å²) < 4.78 is 1.93. The van der Waals surface area contributed by atoms with Crippen molar-refractivity contribution < 1.29 is 9.59 Å². The van der Waals surface area contributed by atoms with Crippen LogP contribution < -0.4 is 16.4 Å². The number of rotatable bonds is 6. The smallest absolute Gasteiger partial charge is 0.268 e. The van der Waals surface area contributed by atoms with Crippen LogP contribution in [-0.2, 0) is 4.79 Å². The number of anilines is 1. The monoisotopic (exact) mass is 264 g/mol. The van der Waals surface area contributed by atoms with Gasteiger partial charge in [0.15, 0.2) is 0 Å². The molecule has 1 aliphatic rings. The third-order valence-electron chi connectivity index (χ3n) is 3.05. The van der Waals surface area contributed by atoms with Crippen molar-refractivity contribution >= 4 is 17.5 Å². The summed E-state index contributed by atoms with van der Waals surface area (Å²) in [6.07, 6.45) is 4.27. The predicted octanol–water partition coefficient (Wildman–Crippen LogP) is 0.661. The Bertz CT molecular complexity index is 477. The van der Waals surface area contributed by atoms with E-state index < -0.39 is 0 Å². The van der Waals surface area contributed by atoms with Gasteiger partial charge in [0.2, 0.25) is 5.91 Å². The van der Waals surface area contributed by atoms with E-state index in [9.17, 15) is 9.59 Å². The fraction of sp³-hybridized carbons (Fsp3) is 0.538. The molecule has 1 fully saturated rings. The van der Waals surface area contributed by atoms with E-state index in [0.717, 1.165) is 12.8 Å².